The fourth-order valence-electron chi connectivity index (χ4n) is 2.89. The molecule has 0 radical (unpaired) electrons. The number of aromatic amines is 1. The molecule has 1 aliphatic heterocycles. The van der Waals surface area contributed by atoms with Gasteiger partial charge in [0.15, 0.2) is 0 Å². The zero-order valence-corrected chi connectivity index (χ0v) is 16.2. The maximum Gasteiger partial charge on any atom is 0.236 e. The van der Waals surface area contributed by atoms with Crippen molar-refractivity contribution in [2.24, 2.45) is 0 Å². The van der Waals surface area contributed by atoms with E-state index >= 15 is 0 Å². The van der Waals surface area contributed by atoms with Crippen molar-refractivity contribution in [1.82, 2.24) is 20.1 Å². The number of rotatable bonds is 5. The molecule has 1 amide bonds. The number of nitrogens with zero attached hydrogens (tertiary/aromatic N) is 3. The first-order valence-corrected chi connectivity index (χ1v) is 10.8. The van der Waals surface area contributed by atoms with Gasteiger partial charge in [-0.25, -0.2) is 4.98 Å². The van der Waals surface area contributed by atoms with Crippen molar-refractivity contribution >= 4 is 40.3 Å². The summed E-state index contributed by atoms with van der Waals surface area (Å²) >= 11 is 4.92. The van der Waals surface area contributed by atoms with E-state index < -0.39 is 0 Å². The summed E-state index contributed by atoms with van der Waals surface area (Å²) in [5, 5.41) is 11.8. The minimum Gasteiger partial charge on any atom is -0.337 e. The Morgan fingerprint density at radius 3 is 3.16 bits per heavy atom. The molecule has 1 atom stereocenters. The fourth-order valence-corrected chi connectivity index (χ4v) is 5.32. The number of hydrogen-bond donors (Lipinski definition) is 1. The Balaban J connectivity index is 1.36. The number of H-pyrrole nitrogens is 1. The zero-order chi connectivity index (χ0) is 17.2. The topological polar surface area (TPSA) is 61.9 Å². The summed E-state index contributed by atoms with van der Waals surface area (Å²) in [6.45, 7) is 3.46. The van der Waals surface area contributed by atoms with Gasteiger partial charge in [0.05, 0.1) is 5.25 Å². The summed E-state index contributed by atoms with van der Waals surface area (Å²) in [7, 11) is 0. The highest BCUT2D eigenvalue weighted by atomic mass is 32.2. The highest BCUT2D eigenvalue weighted by Gasteiger charge is 2.26. The molecule has 0 saturated carbocycles. The number of carbonyl (C=O) groups excluding carboxylic acids is 1. The van der Waals surface area contributed by atoms with Crippen LogP contribution in [0.25, 0.3) is 0 Å². The van der Waals surface area contributed by atoms with Gasteiger partial charge in [-0.2, -0.15) is 0 Å². The number of thioether (sulfide) groups is 1. The molecule has 5 nitrogen and oxygen atoms in total. The summed E-state index contributed by atoms with van der Waals surface area (Å²) in [6, 6.07) is 6.24. The van der Waals surface area contributed by atoms with Crippen molar-refractivity contribution in [3.8, 4) is 0 Å². The van der Waals surface area contributed by atoms with Gasteiger partial charge in [0.2, 0.25) is 11.1 Å². The Morgan fingerprint density at radius 1 is 1.40 bits per heavy atom. The average Bonchev–Trinajstić information content (AvgIpc) is 3.35. The van der Waals surface area contributed by atoms with Crippen LogP contribution < -0.4 is 0 Å². The van der Waals surface area contributed by atoms with Gasteiger partial charge < -0.3 is 4.90 Å². The summed E-state index contributed by atoms with van der Waals surface area (Å²) in [4.78, 5) is 21.9. The summed E-state index contributed by atoms with van der Waals surface area (Å²) in [5.74, 6) is 0.997. The van der Waals surface area contributed by atoms with Crippen LogP contribution in [-0.4, -0.2) is 37.8 Å². The van der Waals surface area contributed by atoms with Crippen LogP contribution in [0.15, 0.2) is 34.1 Å². The summed E-state index contributed by atoms with van der Waals surface area (Å²) < 4.78 is 0. The van der Waals surface area contributed by atoms with E-state index in [0.29, 0.717) is 5.16 Å². The molecular weight excluding hydrogens is 372 g/mol. The molecule has 1 unspecified atom stereocenters. The number of fused-ring (bicyclic) bond motifs is 1. The van der Waals surface area contributed by atoms with Gasteiger partial charge in [0.25, 0.3) is 0 Å². The maximum atomic E-state index is 12.7. The van der Waals surface area contributed by atoms with E-state index in [1.165, 1.54) is 27.1 Å². The normalized spacial score (nSPS) is 15.2. The van der Waals surface area contributed by atoms with Crippen molar-refractivity contribution in [1.29, 1.82) is 0 Å². The standard InChI is InChI=1S/C17H18N4OS3/c1-11(16(22)21-6-4-14-12(10-21)5-8-24-14)25-17-18-15(19-20-17)9-13-3-2-7-23-13/h2-3,5,7-8,11H,4,6,9-10H2,1H3,(H,18,19,20). The Labute approximate surface area is 158 Å². The molecule has 0 spiro atoms. The van der Waals surface area contributed by atoms with E-state index in [4.69, 9.17) is 0 Å². The number of hydrogen-bond acceptors (Lipinski definition) is 6. The van der Waals surface area contributed by atoms with Crippen molar-refractivity contribution in [3.05, 3.63) is 50.1 Å². The number of thiophene rings is 2. The average molecular weight is 391 g/mol. The quantitative estimate of drug-likeness (QED) is 0.677. The largest absolute Gasteiger partial charge is 0.337 e. The van der Waals surface area contributed by atoms with E-state index in [1.54, 1.807) is 22.7 Å². The molecule has 1 N–H and O–H groups in total. The van der Waals surface area contributed by atoms with Crippen LogP contribution in [0.4, 0.5) is 0 Å². The molecular formula is C17H18N4OS3. The Bertz CT molecular complexity index is 855. The monoisotopic (exact) mass is 390 g/mol. The summed E-state index contributed by atoms with van der Waals surface area (Å²) in [5.41, 5.74) is 1.29. The lowest BCUT2D eigenvalue weighted by atomic mass is 10.1. The molecule has 1 aliphatic rings. The second-order valence-electron chi connectivity index (χ2n) is 5.96. The van der Waals surface area contributed by atoms with E-state index in [2.05, 4.69) is 38.1 Å². The van der Waals surface area contributed by atoms with E-state index in [0.717, 1.165) is 31.8 Å². The van der Waals surface area contributed by atoms with Crippen LogP contribution in [0.3, 0.4) is 0 Å². The van der Waals surface area contributed by atoms with Gasteiger partial charge in [0, 0.05) is 29.3 Å². The first kappa shape index (κ1) is 16.8. The molecule has 0 fully saturated rings. The third kappa shape index (κ3) is 3.80. The van der Waals surface area contributed by atoms with Crippen LogP contribution in [0.2, 0.25) is 0 Å². The Kier molecular flexibility index (Phi) is 4.91. The van der Waals surface area contributed by atoms with Crippen LogP contribution in [-0.2, 0) is 24.2 Å². The Hall–Kier alpha value is -1.64. The third-order valence-corrected chi connectivity index (χ3v) is 7.03. The van der Waals surface area contributed by atoms with Crippen molar-refractivity contribution in [3.63, 3.8) is 0 Å². The molecule has 0 bridgehead atoms. The Morgan fingerprint density at radius 2 is 2.32 bits per heavy atom. The highest BCUT2D eigenvalue weighted by Crippen LogP contribution is 2.27. The molecule has 0 aliphatic carbocycles. The van der Waals surface area contributed by atoms with Crippen molar-refractivity contribution in [2.75, 3.05) is 6.54 Å². The van der Waals surface area contributed by atoms with Gasteiger partial charge in [-0.1, -0.05) is 17.8 Å². The van der Waals surface area contributed by atoms with E-state index in [1.807, 2.05) is 17.9 Å². The van der Waals surface area contributed by atoms with Gasteiger partial charge in [-0.3, -0.25) is 9.89 Å². The third-order valence-electron chi connectivity index (χ3n) is 4.18. The number of carbonyl (C=O) groups is 1. The van der Waals surface area contributed by atoms with Crippen molar-refractivity contribution in [2.45, 2.75) is 36.7 Å². The maximum absolute atomic E-state index is 12.7. The van der Waals surface area contributed by atoms with Crippen LogP contribution in [0.1, 0.15) is 28.1 Å². The number of amides is 1. The predicted octanol–water partition coefficient (Wildman–Crippen LogP) is 3.58. The second kappa shape index (κ2) is 7.31. The fraction of sp³-hybridized carbons (Fsp3) is 0.353. The molecule has 3 aromatic rings. The van der Waals surface area contributed by atoms with Crippen LogP contribution >= 0.6 is 34.4 Å². The van der Waals surface area contributed by atoms with Crippen molar-refractivity contribution < 1.29 is 4.79 Å². The molecule has 0 aromatic carbocycles. The predicted molar refractivity (Wildman–Crippen MR) is 102 cm³/mol. The lowest BCUT2D eigenvalue weighted by Gasteiger charge is -2.28. The molecule has 4 heterocycles. The lowest BCUT2D eigenvalue weighted by molar-refractivity contribution is -0.131. The lowest BCUT2D eigenvalue weighted by Crippen LogP contribution is -2.39. The number of aromatic nitrogens is 3. The van der Waals surface area contributed by atoms with Crippen LogP contribution in [0.5, 0.6) is 0 Å². The summed E-state index contributed by atoms with van der Waals surface area (Å²) in [6.07, 6.45) is 1.71. The van der Waals surface area contributed by atoms with Gasteiger partial charge >= 0.3 is 0 Å². The zero-order valence-electron chi connectivity index (χ0n) is 13.8. The molecule has 4 rings (SSSR count). The molecule has 8 heteroatoms. The second-order valence-corrected chi connectivity index (χ2v) is 9.30. The first-order chi connectivity index (χ1) is 12.2. The molecule has 130 valence electrons. The van der Waals surface area contributed by atoms with Gasteiger partial charge in [-0.15, -0.1) is 27.8 Å². The smallest absolute Gasteiger partial charge is 0.236 e. The SMILES string of the molecule is CC(Sc1n[nH]c(Cc2cccs2)n1)C(=O)N1CCc2sccc2C1. The minimum atomic E-state index is -0.189. The number of nitrogens with one attached hydrogen (secondary N) is 1. The molecule has 3 aromatic heterocycles. The van der Waals surface area contributed by atoms with Gasteiger partial charge in [0.1, 0.15) is 5.82 Å². The van der Waals surface area contributed by atoms with Gasteiger partial charge in [-0.05, 0) is 41.8 Å². The first-order valence-electron chi connectivity index (χ1n) is 8.13. The van der Waals surface area contributed by atoms with E-state index in [-0.39, 0.29) is 11.2 Å². The minimum absolute atomic E-state index is 0.159. The molecule has 0 saturated heterocycles. The highest BCUT2D eigenvalue weighted by molar-refractivity contribution is 8.00. The molecule has 25 heavy (non-hydrogen) atoms. The van der Waals surface area contributed by atoms with E-state index in [9.17, 15) is 4.79 Å². The van der Waals surface area contributed by atoms with Crippen LogP contribution in [0, 0.1) is 0 Å².